The standard InChI is InChI=1S/C27H31N5O3S/c1-6-18(5)28-24(34)20-11-12-21-22(13-20)32-26(31(25(21)35)14-16(2)3)29-30-27(32)36-15-23(33)19-9-7-17(4)8-10-19/h7-13,16,18H,6,14-15H2,1-5H3,(H,28,34). The Morgan fingerprint density at radius 2 is 1.72 bits per heavy atom. The van der Waals surface area contributed by atoms with Crippen LogP contribution >= 0.6 is 11.8 Å². The van der Waals surface area contributed by atoms with Crippen molar-refractivity contribution in [3.63, 3.8) is 0 Å². The van der Waals surface area contributed by atoms with E-state index in [0.29, 0.717) is 39.5 Å². The average Bonchev–Trinajstić information content (AvgIpc) is 3.29. The molecule has 0 fully saturated rings. The first-order valence-corrected chi connectivity index (χ1v) is 13.1. The van der Waals surface area contributed by atoms with Crippen molar-refractivity contribution in [3.8, 4) is 0 Å². The number of Topliss-reactive ketones (excluding diaryl/α,β-unsaturated/α-hetero) is 1. The third-order valence-electron chi connectivity index (χ3n) is 6.08. The van der Waals surface area contributed by atoms with E-state index in [0.717, 1.165) is 12.0 Å². The number of nitrogens with one attached hydrogen (secondary N) is 1. The van der Waals surface area contributed by atoms with Gasteiger partial charge < -0.3 is 5.32 Å². The molecular weight excluding hydrogens is 474 g/mol. The Bertz CT molecular complexity index is 1490. The number of benzene rings is 2. The fourth-order valence-electron chi connectivity index (χ4n) is 3.91. The van der Waals surface area contributed by atoms with Crippen LogP contribution in [0.1, 0.15) is 60.4 Å². The number of carbonyl (C=O) groups excluding carboxylic acids is 2. The molecule has 0 saturated heterocycles. The molecule has 1 atom stereocenters. The molecule has 9 heteroatoms. The second-order valence-corrected chi connectivity index (χ2v) is 10.5. The van der Waals surface area contributed by atoms with Gasteiger partial charge in [0.15, 0.2) is 10.9 Å². The number of hydrogen-bond acceptors (Lipinski definition) is 6. The molecular formula is C27H31N5O3S. The van der Waals surface area contributed by atoms with Gasteiger partial charge >= 0.3 is 0 Å². The zero-order chi connectivity index (χ0) is 26.0. The molecule has 0 radical (unpaired) electrons. The summed E-state index contributed by atoms with van der Waals surface area (Å²) in [6, 6.07) is 12.5. The molecule has 1 amide bonds. The molecule has 0 saturated carbocycles. The SMILES string of the molecule is CCC(C)NC(=O)c1ccc2c(=O)n(CC(C)C)c3nnc(SCC(=O)c4ccc(C)cc4)n3c2c1. The molecule has 188 valence electrons. The fraction of sp³-hybridized carbons (Fsp3) is 0.370. The van der Waals surface area contributed by atoms with Crippen LogP contribution in [-0.2, 0) is 6.54 Å². The van der Waals surface area contributed by atoms with Crippen LogP contribution in [0.3, 0.4) is 0 Å². The highest BCUT2D eigenvalue weighted by Gasteiger charge is 2.20. The Morgan fingerprint density at radius 3 is 2.39 bits per heavy atom. The largest absolute Gasteiger partial charge is 0.350 e. The second-order valence-electron chi connectivity index (χ2n) is 9.52. The average molecular weight is 506 g/mol. The molecule has 2 aromatic heterocycles. The summed E-state index contributed by atoms with van der Waals surface area (Å²) in [7, 11) is 0. The number of carbonyl (C=O) groups is 2. The van der Waals surface area contributed by atoms with E-state index in [-0.39, 0.29) is 35.0 Å². The molecule has 2 heterocycles. The summed E-state index contributed by atoms with van der Waals surface area (Å²) in [6.45, 7) is 10.5. The summed E-state index contributed by atoms with van der Waals surface area (Å²) >= 11 is 1.26. The quantitative estimate of drug-likeness (QED) is 0.265. The van der Waals surface area contributed by atoms with Crippen LogP contribution in [0.25, 0.3) is 16.7 Å². The van der Waals surface area contributed by atoms with Crippen LogP contribution in [0.2, 0.25) is 0 Å². The lowest BCUT2D eigenvalue weighted by Gasteiger charge is -2.15. The Hall–Kier alpha value is -3.46. The number of rotatable bonds is 9. The molecule has 0 aliphatic rings. The Balaban J connectivity index is 1.80. The maximum atomic E-state index is 13.4. The molecule has 1 unspecified atom stereocenters. The summed E-state index contributed by atoms with van der Waals surface area (Å²) < 4.78 is 3.40. The number of fused-ring (bicyclic) bond motifs is 3. The van der Waals surface area contributed by atoms with Gasteiger partial charge in [0.1, 0.15) is 0 Å². The number of aryl methyl sites for hydroxylation is 1. The van der Waals surface area contributed by atoms with Gasteiger partial charge in [0.05, 0.1) is 16.7 Å². The summed E-state index contributed by atoms with van der Waals surface area (Å²) in [6.07, 6.45) is 0.810. The number of thioether (sulfide) groups is 1. The minimum absolute atomic E-state index is 0.0230. The first-order chi connectivity index (χ1) is 17.2. The van der Waals surface area contributed by atoms with E-state index in [1.807, 2.05) is 58.9 Å². The van der Waals surface area contributed by atoms with Crippen molar-refractivity contribution in [1.82, 2.24) is 24.5 Å². The Morgan fingerprint density at radius 1 is 1.03 bits per heavy atom. The van der Waals surface area contributed by atoms with Crippen LogP contribution in [0.15, 0.2) is 52.4 Å². The first-order valence-electron chi connectivity index (χ1n) is 12.1. The fourth-order valence-corrected chi connectivity index (χ4v) is 4.74. The van der Waals surface area contributed by atoms with Gasteiger partial charge in [0.2, 0.25) is 5.78 Å². The summed E-state index contributed by atoms with van der Waals surface area (Å²) in [4.78, 5) is 39.0. The zero-order valence-electron chi connectivity index (χ0n) is 21.2. The minimum Gasteiger partial charge on any atom is -0.350 e. The normalized spacial score (nSPS) is 12.4. The van der Waals surface area contributed by atoms with Crippen molar-refractivity contribution in [2.75, 3.05) is 5.75 Å². The highest BCUT2D eigenvalue weighted by molar-refractivity contribution is 7.99. The van der Waals surface area contributed by atoms with Crippen LogP contribution in [0, 0.1) is 12.8 Å². The van der Waals surface area contributed by atoms with Crippen LogP contribution in [0.5, 0.6) is 0 Å². The number of aromatic nitrogens is 4. The van der Waals surface area contributed by atoms with Gasteiger partial charge in [-0.15, -0.1) is 10.2 Å². The van der Waals surface area contributed by atoms with Gasteiger partial charge in [-0.3, -0.25) is 23.4 Å². The van der Waals surface area contributed by atoms with Gasteiger partial charge in [-0.2, -0.15) is 0 Å². The Labute approximate surface area is 214 Å². The molecule has 1 N–H and O–H groups in total. The molecule has 0 spiro atoms. The van der Waals surface area contributed by atoms with Crippen molar-refractivity contribution in [3.05, 3.63) is 69.5 Å². The third-order valence-corrected chi connectivity index (χ3v) is 7.01. The molecule has 36 heavy (non-hydrogen) atoms. The van der Waals surface area contributed by atoms with Crippen LogP contribution < -0.4 is 10.9 Å². The first kappa shape index (κ1) is 25.6. The lowest BCUT2D eigenvalue weighted by molar-refractivity contribution is 0.0938. The highest BCUT2D eigenvalue weighted by Crippen LogP contribution is 2.24. The van der Waals surface area contributed by atoms with E-state index in [1.54, 1.807) is 27.2 Å². The van der Waals surface area contributed by atoms with Crippen molar-refractivity contribution in [1.29, 1.82) is 0 Å². The second kappa shape index (κ2) is 10.7. The van der Waals surface area contributed by atoms with E-state index in [9.17, 15) is 14.4 Å². The highest BCUT2D eigenvalue weighted by atomic mass is 32.2. The number of ketones is 1. The van der Waals surface area contributed by atoms with E-state index >= 15 is 0 Å². The molecule has 4 rings (SSSR count). The lowest BCUT2D eigenvalue weighted by atomic mass is 10.1. The van der Waals surface area contributed by atoms with Gasteiger partial charge in [-0.25, -0.2) is 0 Å². The molecule has 2 aromatic carbocycles. The van der Waals surface area contributed by atoms with Gasteiger partial charge in [-0.1, -0.05) is 62.4 Å². The number of nitrogens with zero attached hydrogens (tertiary/aromatic N) is 4. The lowest BCUT2D eigenvalue weighted by Crippen LogP contribution is -2.32. The predicted molar refractivity (Wildman–Crippen MR) is 143 cm³/mol. The van der Waals surface area contributed by atoms with Gasteiger partial charge in [0, 0.05) is 23.7 Å². The van der Waals surface area contributed by atoms with E-state index < -0.39 is 0 Å². The van der Waals surface area contributed by atoms with Crippen molar-refractivity contribution in [2.24, 2.45) is 5.92 Å². The number of amides is 1. The predicted octanol–water partition coefficient (Wildman–Crippen LogP) is 4.51. The topological polar surface area (TPSA) is 98.4 Å². The van der Waals surface area contributed by atoms with Gasteiger partial charge in [0.25, 0.3) is 11.5 Å². The van der Waals surface area contributed by atoms with Gasteiger partial charge in [-0.05, 0) is 44.4 Å². The summed E-state index contributed by atoms with van der Waals surface area (Å²) in [5.41, 5.74) is 2.53. The van der Waals surface area contributed by atoms with Crippen LogP contribution in [-0.4, -0.2) is 42.7 Å². The molecule has 4 aromatic rings. The van der Waals surface area contributed by atoms with Crippen molar-refractivity contribution in [2.45, 2.75) is 58.8 Å². The minimum atomic E-state index is -0.206. The summed E-state index contributed by atoms with van der Waals surface area (Å²) in [5.74, 6) is 0.544. The molecule has 8 nitrogen and oxygen atoms in total. The van der Waals surface area contributed by atoms with Crippen molar-refractivity contribution >= 4 is 40.1 Å². The number of hydrogen-bond donors (Lipinski definition) is 1. The molecule has 0 bridgehead atoms. The molecule has 0 aliphatic carbocycles. The zero-order valence-corrected chi connectivity index (χ0v) is 22.1. The van der Waals surface area contributed by atoms with E-state index in [1.165, 1.54) is 11.8 Å². The smallest absolute Gasteiger partial charge is 0.262 e. The molecule has 0 aliphatic heterocycles. The summed E-state index contributed by atoms with van der Waals surface area (Å²) in [5, 5.41) is 12.6. The third kappa shape index (κ3) is 5.21. The van der Waals surface area contributed by atoms with Crippen molar-refractivity contribution < 1.29 is 9.59 Å². The Kier molecular flexibility index (Phi) is 7.59. The van der Waals surface area contributed by atoms with E-state index in [4.69, 9.17) is 0 Å². The van der Waals surface area contributed by atoms with E-state index in [2.05, 4.69) is 15.5 Å². The monoisotopic (exact) mass is 505 g/mol. The maximum Gasteiger partial charge on any atom is 0.262 e. The maximum absolute atomic E-state index is 13.4. The van der Waals surface area contributed by atoms with Crippen LogP contribution in [0.4, 0.5) is 0 Å².